The lowest BCUT2D eigenvalue weighted by Crippen LogP contribution is -2.41. The molecule has 1 heterocycles. The largest absolute Gasteiger partial charge is 0.409 e. The van der Waals surface area contributed by atoms with E-state index in [0.29, 0.717) is 5.76 Å². The van der Waals surface area contributed by atoms with Gasteiger partial charge in [-0.05, 0) is 5.92 Å². The minimum absolute atomic E-state index is 0.0689. The molecule has 1 unspecified atom stereocenters. The fraction of sp³-hybridized carbons (Fsp3) is 0.500. The van der Waals surface area contributed by atoms with Gasteiger partial charge in [0.15, 0.2) is 11.6 Å². The van der Waals surface area contributed by atoms with Crippen molar-refractivity contribution in [3.05, 3.63) is 18.0 Å². The van der Waals surface area contributed by atoms with Crippen molar-refractivity contribution in [2.75, 3.05) is 0 Å². The topological polar surface area (TPSA) is 114 Å². The van der Waals surface area contributed by atoms with Crippen LogP contribution in [0.2, 0.25) is 0 Å². The van der Waals surface area contributed by atoms with E-state index in [4.69, 9.17) is 15.5 Å². The van der Waals surface area contributed by atoms with E-state index >= 15 is 0 Å². The lowest BCUT2D eigenvalue weighted by atomic mass is 9.94. The van der Waals surface area contributed by atoms with Gasteiger partial charge in [0.2, 0.25) is 5.91 Å². The van der Waals surface area contributed by atoms with Crippen molar-refractivity contribution in [1.82, 2.24) is 10.5 Å². The smallest absolute Gasteiger partial charge is 0.231 e. The number of nitrogens with zero attached hydrogens (tertiary/aromatic N) is 2. The number of nitrogens with two attached hydrogens (primary N) is 1. The SMILES string of the molecule is CC(C)C(C(=O)NCc1ccno1)C(N)=NO. The summed E-state index contributed by atoms with van der Waals surface area (Å²) >= 11 is 0. The van der Waals surface area contributed by atoms with E-state index in [1.54, 1.807) is 6.07 Å². The minimum Gasteiger partial charge on any atom is -0.409 e. The number of rotatable bonds is 5. The molecule has 0 aliphatic heterocycles. The van der Waals surface area contributed by atoms with Crippen molar-refractivity contribution in [2.24, 2.45) is 22.7 Å². The maximum atomic E-state index is 11.8. The van der Waals surface area contributed by atoms with Crippen LogP contribution in [0.5, 0.6) is 0 Å². The highest BCUT2D eigenvalue weighted by Gasteiger charge is 2.26. The summed E-state index contributed by atoms with van der Waals surface area (Å²) in [5.41, 5.74) is 5.47. The third kappa shape index (κ3) is 3.47. The molecule has 1 aromatic heterocycles. The molecule has 4 N–H and O–H groups in total. The Kier molecular flexibility index (Phi) is 4.50. The van der Waals surface area contributed by atoms with Crippen LogP contribution < -0.4 is 11.1 Å². The quantitative estimate of drug-likeness (QED) is 0.296. The summed E-state index contributed by atoms with van der Waals surface area (Å²) < 4.78 is 4.84. The zero-order valence-corrected chi connectivity index (χ0v) is 9.75. The van der Waals surface area contributed by atoms with Gasteiger partial charge in [-0.3, -0.25) is 4.79 Å². The number of aromatic nitrogens is 1. The first kappa shape index (κ1) is 13.0. The molecule has 0 fully saturated rings. The van der Waals surface area contributed by atoms with Gasteiger partial charge >= 0.3 is 0 Å². The number of oxime groups is 1. The Hall–Kier alpha value is -2.05. The van der Waals surface area contributed by atoms with E-state index in [1.165, 1.54) is 6.20 Å². The molecule has 0 bridgehead atoms. The van der Waals surface area contributed by atoms with Crippen molar-refractivity contribution < 1.29 is 14.5 Å². The molecule has 0 saturated carbocycles. The molecule has 7 nitrogen and oxygen atoms in total. The van der Waals surface area contributed by atoms with Crippen LogP contribution in [-0.2, 0) is 11.3 Å². The fourth-order valence-electron chi connectivity index (χ4n) is 1.46. The molecule has 0 aliphatic carbocycles. The Morgan fingerprint density at radius 3 is 2.88 bits per heavy atom. The van der Waals surface area contributed by atoms with Crippen LogP contribution in [0.15, 0.2) is 21.9 Å². The maximum absolute atomic E-state index is 11.8. The molecule has 1 rings (SSSR count). The van der Waals surface area contributed by atoms with Crippen LogP contribution in [0.25, 0.3) is 0 Å². The number of hydrogen-bond donors (Lipinski definition) is 3. The Bertz CT molecular complexity index is 386. The minimum atomic E-state index is -0.664. The Morgan fingerprint density at radius 2 is 2.41 bits per heavy atom. The van der Waals surface area contributed by atoms with Crippen LogP contribution in [0.3, 0.4) is 0 Å². The monoisotopic (exact) mass is 240 g/mol. The fourth-order valence-corrected chi connectivity index (χ4v) is 1.46. The molecule has 1 amide bonds. The van der Waals surface area contributed by atoms with Crippen molar-refractivity contribution in [3.63, 3.8) is 0 Å². The molecule has 0 saturated heterocycles. The van der Waals surface area contributed by atoms with Crippen molar-refractivity contribution in [1.29, 1.82) is 0 Å². The summed E-state index contributed by atoms with van der Waals surface area (Å²) in [6.07, 6.45) is 1.49. The first-order valence-corrected chi connectivity index (χ1v) is 5.21. The van der Waals surface area contributed by atoms with Crippen LogP contribution in [0.4, 0.5) is 0 Å². The average molecular weight is 240 g/mol. The molecule has 0 aliphatic rings. The zero-order valence-electron chi connectivity index (χ0n) is 9.75. The summed E-state index contributed by atoms with van der Waals surface area (Å²) in [5, 5.41) is 17.6. The number of amidine groups is 1. The van der Waals surface area contributed by atoms with Crippen molar-refractivity contribution in [3.8, 4) is 0 Å². The van der Waals surface area contributed by atoms with E-state index in [2.05, 4.69) is 15.6 Å². The Labute approximate surface area is 98.6 Å². The first-order valence-electron chi connectivity index (χ1n) is 5.21. The molecule has 0 spiro atoms. The summed E-state index contributed by atoms with van der Waals surface area (Å²) in [7, 11) is 0. The molecular weight excluding hydrogens is 224 g/mol. The summed E-state index contributed by atoms with van der Waals surface area (Å²) in [6, 6.07) is 1.65. The molecule has 7 heteroatoms. The molecule has 1 aromatic rings. The molecule has 94 valence electrons. The van der Waals surface area contributed by atoms with Crippen LogP contribution in [0, 0.1) is 11.8 Å². The summed E-state index contributed by atoms with van der Waals surface area (Å²) in [5.74, 6) is -0.606. The van der Waals surface area contributed by atoms with Gasteiger partial charge in [0.25, 0.3) is 0 Å². The van der Waals surface area contributed by atoms with E-state index in [1.807, 2.05) is 13.8 Å². The van der Waals surface area contributed by atoms with E-state index in [-0.39, 0.29) is 24.2 Å². The molecule has 0 aromatic carbocycles. The van der Waals surface area contributed by atoms with E-state index in [0.717, 1.165) is 0 Å². The van der Waals surface area contributed by atoms with Gasteiger partial charge < -0.3 is 20.8 Å². The Morgan fingerprint density at radius 1 is 1.71 bits per heavy atom. The van der Waals surface area contributed by atoms with Gasteiger partial charge in [-0.2, -0.15) is 0 Å². The summed E-state index contributed by atoms with van der Waals surface area (Å²) in [4.78, 5) is 11.8. The molecular formula is C10H16N4O3. The number of carbonyl (C=O) groups excluding carboxylic acids is 1. The van der Waals surface area contributed by atoms with Gasteiger partial charge in [0.05, 0.1) is 12.7 Å². The van der Waals surface area contributed by atoms with Gasteiger partial charge in [0, 0.05) is 6.07 Å². The second-order valence-electron chi connectivity index (χ2n) is 3.94. The predicted molar refractivity (Wildman–Crippen MR) is 60.1 cm³/mol. The number of carbonyl (C=O) groups is 1. The highest BCUT2D eigenvalue weighted by molar-refractivity contribution is 6.02. The van der Waals surface area contributed by atoms with Crippen molar-refractivity contribution >= 4 is 11.7 Å². The van der Waals surface area contributed by atoms with Crippen LogP contribution in [-0.4, -0.2) is 22.1 Å². The van der Waals surface area contributed by atoms with Gasteiger partial charge in [0.1, 0.15) is 5.92 Å². The average Bonchev–Trinajstić information content (AvgIpc) is 2.78. The lowest BCUT2D eigenvalue weighted by molar-refractivity contribution is -0.124. The standard InChI is InChI=1S/C10H16N4O3/c1-6(2)8(9(11)14-16)10(15)12-5-7-3-4-13-17-7/h3-4,6,8,16H,5H2,1-2H3,(H2,11,14)(H,12,15). The van der Waals surface area contributed by atoms with Crippen LogP contribution in [0.1, 0.15) is 19.6 Å². The molecule has 0 radical (unpaired) electrons. The van der Waals surface area contributed by atoms with E-state index in [9.17, 15) is 4.79 Å². The summed E-state index contributed by atoms with van der Waals surface area (Å²) in [6.45, 7) is 3.86. The second kappa shape index (κ2) is 5.88. The van der Waals surface area contributed by atoms with Crippen LogP contribution >= 0.6 is 0 Å². The lowest BCUT2D eigenvalue weighted by Gasteiger charge is -2.18. The normalized spacial score (nSPS) is 13.7. The third-order valence-electron chi connectivity index (χ3n) is 2.31. The first-order chi connectivity index (χ1) is 8.06. The highest BCUT2D eigenvalue weighted by Crippen LogP contribution is 2.11. The number of amides is 1. The Balaban J connectivity index is 2.60. The number of nitrogens with one attached hydrogen (secondary N) is 1. The number of hydrogen-bond acceptors (Lipinski definition) is 5. The predicted octanol–water partition coefficient (Wildman–Crippen LogP) is 0.309. The highest BCUT2D eigenvalue weighted by atomic mass is 16.5. The van der Waals surface area contributed by atoms with Crippen molar-refractivity contribution in [2.45, 2.75) is 20.4 Å². The third-order valence-corrected chi connectivity index (χ3v) is 2.31. The zero-order chi connectivity index (χ0) is 12.8. The maximum Gasteiger partial charge on any atom is 0.231 e. The van der Waals surface area contributed by atoms with Gasteiger partial charge in [-0.15, -0.1) is 0 Å². The van der Waals surface area contributed by atoms with E-state index < -0.39 is 5.92 Å². The molecule has 1 atom stereocenters. The van der Waals surface area contributed by atoms with Gasteiger partial charge in [-0.1, -0.05) is 24.2 Å². The molecule has 17 heavy (non-hydrogen) atoms. The van der Waals surface area contributed by atoms with Gasteiger partial charge in [-0.25, -0.2) is 0 Å². The second-order valence-corrected chi connectivity index (χ2v) is 3.94.